The number of thiazole rings is 1. The number of aromatic nitrogens is 2. The van der Waals surface area contributed by atoms with Crippen LogP contribution >= 0.6 is 35.3 Å². The molecule has 2 saturated carbocycles. The van der Waals surface area contributed by atoms with E-state index in [4.69, 9.17) is 17.3 Å². The standard InChI is InChI=1S/C22H21N3O4S3/c26-12(27)4-2-6-25-20(28)15-10-7-11(16(15)21(25)29)17-14(10)13(9-3-1-5-23-8-9)18-19(31-17)24-22(30)32-18/h1,3,5,8,10-11,13-17H,2,4,6-7H2,(H,24,30)(H,26,27). The first-order valence-corrected chi connectivity index (χ1v) is 12.9. The lowest BCUT2D eigenvalue weighted by molar-refractivity contribution is -0.142. The SMILES string of the molecule is O=C(O)CCCN1C(=O)C2C3CC(C2C1=O)C1C(c2cccnc2)c2sc(=S)[nH]c2SC31. The van der Waals surface area contributed by atoms with Crippen molar-refractivity contribution < 1.29 is 19.5 Å². The molecule has 2 N–H and O–H groups in total. The number of carboxylic acid groups (broad SMARTS) is 1. The number of H-pyrrole nitrogens is 1. The number of aromatic amines is 1. The molecule has 7 atom stereocenters. The van der Waals surface area contributed by atoms with Gasteiger partial charge < -0.3 is 10.1 Å². The number of hydrogen-bond donors (Lipinski definition) is 2. The molecule has 166 valence electrons. The number of carbonyl (C=O) groups excluding carboxylic acids is 2. The van der Waals surface area contributed by atoms with Gasteiger partial charge in [0, 0.05) is 41.4 Å². The Balaban J connectivity index is 1.37. The van der Waals surface area contributed by atoms with Crippen molar-refractivity contribution in [1.29, 1.82) is 0 Å². The molecule has 2 aromatic heterocycles. The van der Waals surface area contributed by atoms with Gasteiger partial charge in [-0.1, -0.05) is 6.07 Å². The molecule has 0 spiro atoms. The number of likely N-dealkylation sites (tertiary alicyclic amines) is 1. The molecule has 3 fully saturated rings. The van der Waals surface area contributed by atoms with Crippen LogP contribution in [0.1, 0.15) is 35.6 Å². The number of rotatable bonds is 5. The Hall–Kier alpha value is -2.04. The molecule has 2 aliphatic heterocycles. The summed E-state index contributed by atoms with van der Waals surface area (Å²) < 4.78 is 0.751. The number of carbonyl (C=O) groups is 3. The lowest BCUT2D eigenvalue weighted by Gasteiger charge is -2.42. The van der Waals surface area contributed by atoms with Crippen LogP contribution in [0.5, 0.6) is 0 Å². The highest BCUT2D eigenvalue weighted by Crippen LogP contribution is 2.68. The van der Waals surface area contributed by atoms with E-state index in [9.17, 15) is 14.4 Å². The van der Waals surface area contributed by atoms with E-state index in [0.29, 0.717) is 6.42 Å². The third kappa shape index (κ3) is 2.88. The van der Waals surface area contributed by atoms with E-state index in [1.807, 2.05) is 12.3 Å². The van der Waals surface area contributed by atoms with Gasteiger partial charge in [-0.25, -0.2) is 0 Å². The van der Waals surface area contributed by atoms with Crippen molar-refractivity contribution in [1.82, 2.24) is 14.9 Å². The highest BCUT2D eigenvalue weighted by molar-refractivity contribution is 8.00. The summed E-state index contributed by atoms with van der Waals surface area (Å²) in [6.07, 6.45) is 4.83. The van der Waals surface area contributed by atoms with Gasteiger partial charge in [-0.15, -0.1) is 23.1 Å². The highest BCUT2D eigenvalue weighted by Gasteiger charge is 2.69. The molecule has 0 aromatic carbocycles. The topological polar surface area (TPSA) is 103 Å². The Morgan fingerprint density at radius 3 is 2.78 bits per heavy atom. The zero-order valence-corrected chi connectivity index (χ0v) is 19.4. The van der Waals surface area contributed by atoms with Crippen molar-refractivity contribution in [3.63, 3.8) is 0 Å². The van der Waals surface area contributed by atoms with Gasteiger partial charge in [-0.05, 0) is 54.4 Å². The third-order valence-corrected chi connectivity index (χ3v) is 10.6. The Bertz CT molecular complexity index is 1180. The van der Waals surface area contributed by atoms with E-state index < -0.39 is 5.97 Å². The van der Waals surface area contributed by atoms with Gasteiger partial charge in [0.25, 0.3) is 0 Å². The number of fused-ring (bicyclic) bond motifs is 9. The van der Waals surface area contributed by atoms with Gasteiger partial charge in [0.05, 0.1) is 16.9 Å². The maximum Gasteiger partial charge on any atom is 0.303 e. The van der Waals surface area contributed by atoms with E-state index in [0.717, 1.165) is 21.0 Å². The van der Waals surface area contributed by atoms with Crippen LogP contribution in [0, 0.1) is 33.5 Å². The van der Waals surface area contributed by atoms with Crippen molar-refractivity contribution in [2.45, 2.75) is 35.5 Å². The molecular weight excluding hydrogens is 466 g/mol. The molecule has 0 radical (unpaired) electrons. The molecular formula is C22H21N3O4S3. The van der Waals surface area contributed by atoms with Gasteiger partial charge in [0.2, 0.25) is 11.8 Å². The van der Waals surface area contributed by atoms with Crippen LogP contribution < -0.4 is 0 Å². The molecule has 32 heavy (non-hydrogen) atoms. The summed E-state index contributed by atoms with van der Waals surface area (Å²) in [5.41, 5.74) is 1.13. The second-order valence-corrected chi connectivity index (χ2v) is 12.0. The zero-order chi connectivity index (χ0) is 22.1. The highest BCUT2D eigenvalue weighted by atomic mass is 32.2. The molecule has 10 heteroatoms. The molecule has 2 amide bonds. The molecule has 7 unspecified atom stereocenters. The monoisotopic (exact) mass is 487 g/mol. The average molecular weight is 488 g/mol. The number of aliphatic carboxylic acids is 1. The number of nitrogens with one attached hydrogen (secondary N) is 1. The number of imide groups is 1. The van der Waals surface area contributed by atoms with Crippen LogP contribution in [0.2, 0.25) is 0 Å². The van der Waals surface area contributed by atoms with Gasteiger partial charge in [-0.3, -0.25) is 24.3 Å². The maximum absolute atomic E-state index is 13.3. The summed E-state index contributed by atoms with van der Waals surface area (Å²) in [5, 5.41) is 10.3. The predicted octanol–water partition coefficient (Wildman–Crippen LogP) is 3.54. The van der Waals surface area contributed by atoms with E-state index in [-0.39, 0.29) is 65.5 Å². The van der Waals surface area contributed by atoms with Crippen molar-refractivity contribution in [2.75, 3.05) is 6.54 Å². The minimum Gasteiger partial charge on any atom is -0.481 e. The van der Waals surface area contributed by atoms with Crippen LogP contribution in [-0.2, 0) is 14.4 Å². The fourth-order valence-corrected chi connectivity index (χ4v) is 9.95. The second-order valence-electron chi connectivity index (χ2n) is 9.07. The lowest BCUT2D eigenvalue weighted by Crippen LogP contribution is -2.42. The van der Waals surface area contributed by atoms with Gasteiger partial charge in [0.1, 0.15) is 0 Å². The number of amides is 2. The summed E-state index contributed by atoms with van der Waals surface area (Å²) in [6.45, 7) is 0.200. The van der Waals surface area contributed by atoms with E-state index in [2.05, 4.69) is 16.0 Å². The first-order valence-electron chi connectivity index (χ1n) is 10.8. The van der Waals surface area contributed by atoms with Crippen LogP contribution in [0.3, 0.4) is 0 Å². The zero-order valence-electron chi connectivity index (χ0n) is 17.0. The molecule has 2 aliphatic carbocycles. The van der Waals surface area contributed by atoms with E-state index in [1.165, 1.54) is 9.78 Å². The number of carboxylic acids is 1. The molecule has 2 bridgehead atoms. The molecule has 6 rings (SSSR count). The Labute approximate surface area is 197 Å². The molecule has 4 heterocycles. The third-order valence-electron chi connectivity index (χ3n) is 7.63. The van der Waals surface area contributed by atoms with Crippen molar-refractivity contribution in [3.8, 4) is 0 Å². The number of hydrogen-bond acceptors (Lipinski definition) is 7. The summed E-state index contributed by atoms with van der Waals surface area (Å²) in [6, 6.07) is 4.04. The van der Waals surface area contributed by atoms with Crippen molar-refractivity contribution in [3.05, 3.63) is 38.9 Å². The minimum absolute atomic E-state index is 0.0388. The quantitative estimate of drug-likeness (QED) is 0.491. The predicted molar refractivity (Wildman–Crippen MR) is 121 cm³/mol. The summed E-state index contributed by atoms with van der Waals surface area (Å²) in [5.74, 6) is -1.02. The van der Waals surface area contributed by atoms with Gasteiger partial charge in [0.15, 0.2) is 3.95 Å². The lowest BCUT2D eigenvalue weighted by atomic mass is 9.68. The molecule has 2 aromatic rings. The molecule has 4 aliphatic rings. The second kappa shape index (κ2) is 7.50. The first kappa shape index (κ1) is 20.6. The minimum atomic E-state index is -0.908. The first-order chi connectivity index (χ1) is 15.5. The number of nitrogens with zero attached hydrogens (tertiary/aromatic N) is 2. The number of thioether (sulfide) groups is 1. The number of pyridine rings is 1. The smallest absolute Gasteiger partial charge is 0.303 e. The summed E-state index contributed by atoms with van der Waals surface area (Å²) in [4.78, 5) is 47.8. The van der Waals surface area contributed by atoms with Gasteiger partial charge >= 0.3 is 5.97 Å². The average Bonchev–Trinajstić information content (AvgIpc) is 3.49. The summed E-state index contributed by atoms with van der Waals surface area (Å²) >= 11 is 8.86. The Morgan fingerprint density at radius 2 is 2.06 bits per heavy atom. The van der Waals surface area contributed by atoms with Crippen LogP contribution in [0.4, 0.5) is 0 Å². The van der Waals surface area contributed by atoms with Crippen LogP contribution in [0.25, 0.3) is 0 Å². The Kier molecular flexibility index (Phi) is 4.82. The van der Waals surface area contributed by atoms with Gasteiger partial charge in [-0.2, -0.15) is 0 Å². The molecule has 1 saturated heterocycles. The normalized spacial score (nSPS) is 34.5. The van der Waals surface area contributed by atoms with E-state index >= 15 is 0 Å². The fraction of sp³-hybridized carbons (Fsp3) is 0.500. The van der Waals surface area contributed by atoms with Crippen LogP contribution in [0.15, 0.2) is 29.6 Å². The molecule has 7 nitrogen and oxygen atoms in total. The summed E-state index contributed by atoms with van der Waals surface area (Å²) in [7, 11) is 0. The van der Waals surface area contributed by atoms with E-state index in [1.54, 1.807) is 29.3 Å². The van der Waals surface area contributed by atoms with Crippen molar-refractivity contribution >= 4 is 53.1 Å². The van der Waals surface area contributed by atoms with Crippen molar-refractivity contribution in [2.24, 2.45) is 29.6 Å². The Morgan fingerprint density at radius 1 is 1.28 bits per heavy atom. The van der Waals surface area contributed by atoms with Crippen LogP contribution in [-0.4, -0.2) is 49.6 Å². The fourth-order valence-electron chi connectivity index (χ4n) is 6.62. The largest absolute Gasteiger partial charge is 0.481 e. The maximum atomic E-state index is 13.3.